The molecule has 0 aliphatic carbocycles. The third kappa shape index (κ3) is 5.08. The number of thiocarbonyl (C=S) groups is 1. The Labute approximate surface area is 167 Å². The van der Waals surface area contributed by atoms with Gasteiger partial charge in [-0.05, 0) is 42.0 Å². The van der Waals surface area contributed by atoms with Crippen LogP contribution < -0.4 is 20.1 Å². The SMILES string of the molecule is COc1ccc(OC)c(NC(=S)Nc2ncn(Cc3ccc(Cl)cc3)n2)c1. The predicted octanol–water partition coefficient (Wildman–Crippen LogP) is 3.81. The van der Waals surface area contributed by atoms with E-state index in [2.05, 4.69) is 20.7 Å². The highest BCUT2D eigenvalue weighted by atomic mass is 35.5. The summed E-state index contributed by atoms with van der Waals surface area (Å²) in [6, 6.07) is 13.0. The number of nitrogens with zero attached hydrogens (tertiary/aromatic N) is 3. The molecule has 1 heterocycles. The van der Waals surface area contributed by atoms with Gasteiger partial charge in [-0.1, -0.05) is 23.7 Å². The molecule has 0 unspecified atom stereocenters. The molecule has 3 rings (SSSR count). The maximum atomic E-state index is 5.90. The van der Waals surface area contributed by atoms with Gasteiger partial charge in [0.2, 0.25) is 5.95 Å². The average Bonchev–Trinajstić information content (AvgIpc) is 3.10. The van der Waals surface area contributed by atoms with Crippen LogP contribution in [0.25, 0.3) is 0 Å². The summed E-state index contributed by atoms with van der Waals surface area (Å²) < 4.78 is 12.3. The standard InChI is InChI=1S/C18H18ClN5O2S/c1-25-14-7-8-16(26-2)15(9-14)21-18(27)22-17-20-11-24(23-17)10-12-3-5-13(19)6-4-12/h3-9,11H,10H2,1-2H3,(H2,21,22,23,27). The highest BCUT2D eigenvalue weighted by Crippen LogP contribution is 2.28. The van der Waals surface area contributed by atoms with E-state index >= 15 is 0 Å². The lowest BCUT2D eigenvalue weighted by atomic mass is 10.2. The van der Waals surface area contributed by atoms with Crippen molar-refractivity contribution in [2.75, 3.05) is 24.9 Å². The summed E-state index contributed by atoms with van der Waals surface area (Å²) in [7, 11) is 3.18. The van der Waals surface area contributed by atoms with Crippen molar-refractivity contribution < 1.29 is 9.47 Å². The first-order valence-corrected chi connectivity index (χ1v) is 8.80. The summed E-state index contributed by atoms with van der Waals surface area (Å²) in [6.45, 7) is 0.579. The number of ether oxygens (including phenoxy) is 2. The molecule has 0 radical (unpaired) electrons. The zero-order valence-electron chi connectivity index (χ0n) is 14.8. The van der Waals surface area contributed by atoms with Crippen LogP contribution in [0.5, 0.6) is 11.5 Å². The molecular formula is C18H18ClN5O2S. The first-order chi connectivity index (χ1) is 13.1. The third-order valence-electron chi connectivity index (χ3n) is 3.67. The van der Waals surface area contributed by atoms with Gasteiger partial charge < -0.3 is 14.8 Å². The molecule has 0 spiro atoms. The monoisotopic (exact) mass is 403 g/mol. The van der Waals surface area contributed by atoms with Gasteiger partial charge in [-0.15, -0.1) is 5.10 Å². The fraction of sp³-hybridized carbons (Fsp3) is 0.167. The molecule has 2 aromatic carbocycles. The van der Waals surface area contributed by atoms with Gasteiger partial charge in [0.1, 0.15) is 17.8 Å². The Morgan fingerprint density at radius 2 is 1.89 bits per heavy atom. The number of halogens is 1. The second-order valence-corrected chi connectivity index (χ2v) is 6.38. The smallest absolute Gasteiger partial charge is 0.248 e. The fourth-order valence-corrected chi connectivity index (χ4v) is 2.70. The van der Waals surface area contributed by atoms with Crippen LogP contribution in [-0.4, -0.2) is 34.1 Å². The van der Waals surface area contributed by atoms with Crippen LogP contribution in [0.4, 0.5) is 11.6 Å². The zero-order valence-corrected chi connectivity index (χ0v) is 16.3. The van der Waals surface area contributed by atoms with E-state index in [0.29, 0.717) is 39.8 Å². The first kappa shape index (κ1) is 18.9. The van der Waals surface area contributed by atoms with Gasteiger partial charge in [-0.25, -0.2) is 9.67 Å². The Kier molecular flexibility index (Phi) is 6.10. The van der Waals surface area contributed by atoms with Crippen LogP contribution in [0.1, 0.15) is 5.56 Å². The molecule has 7 nitrogen and oxygen atoms in total. The molecule has 0 saturated heterocycles. The summed E-state index contributed by atoms with van der Waals surface area (Å²) in [4.78, 5) is 4.22. The Morgan fingerprint density at radius 3 is 2.59 bits per heavy atom. The second-order valence-electron chi connectivity index (χ2n) is 5.54. The normalized spacial score (nSPS) is 10.3. The minimum atomic E-state index is 0.339. The van der Waals surface area contributed by atoms with Crippen molar-refractivity contribution in [2.45, 2.75) is 6.54 Å². The molecule has 0 atom stereocenters. The van der Waals surface area contributed by atoms with Crippen LogP contribution in [0.2, 0.25) is 5.02 Å². The fourth-order valence-electron chi connectivity index (χ4n) is 2.37. The molecule has 0 aliphatic rings. The van der Waals surface area contributed by atoms with E-state index in [0.717, 1.165) is 5.56 Å². The second kappa shape index (κ2) is 8.70. The van der Waals surface area contributed by atoms with Crippen molar-refractivity contribution in [3.05, 3.63) is 59.4 Å². The summed E-state index contributed by atoms with van der Waals surface area (Å²) in [5.74, 6) is 1.72. The number of hydrogen-bond acceptors (Lipinski definition) is 5. The number of nitrogens with one attached hydrogen (secondary N) is 2. The lowest BCUT2D eigenvalue weighted by molar-refractivity contribution is 0.405. The van der Waals surface area contributed by atoms with Gasteiger partial charge in [0.05, 0.1) is 26.5 Å². The maximum Gasteiger partial charge on any atom is 0.248 e. The summed E-state index contributed by atoms with van der Waals surface area (Å²) >= 11 is 11.2. The molecule has 0 aliphatic heterocycles. The van der Waals surface area contributed by atoms with Crippen molar-refractivity contribution in [1.29, 1.82) is 0 Å². The predicted molar refractivity (Wildman–Crippen MR) is 110 cm³/mol. The molecule has 27 heavy (non-hydrogen) atoms. The van der Waals surface area contributed by atoms with Crippen LogP contribution in [0.3, 0.4) is 0 Å². The molecule has 0 bridgehead atoms. The van der Waals surface area contributed by atoms with Crippen molar-refractivity contribution in [3.63, 3.8) is 0 Å². The number of rotatable bonds is 6. The molecule has 0 amide bonds. The molecule has 2 N–H and O–H groups in total. The van der Waals surface area contributed by atoms with E-state index in [9.17, 15) is 0 Å². The zero-order chi connectivity index (χ0) is 19.2. The Balaban J connectivity index is 1.63. The minimum absolute atomic E-state index is 0.339. The first-order valence-electron chi connectivity index (χ1n) is 8.01. The number of methoxy groups -OCH3 is 2. The number of benzene rings is 2. The molecule has 0 fully saturated rings. The highest BCUT2D eigenvalue weighted by Gasteiger charge is 2.09. The van der Waals surface area contributed by atoms with Crippen molar-refractivity contribution in [1.82, 2.24) is 14.8 Å². The van der Waals surface area contributed by atoms with E-state index < -0.39 is 0 Å². The van der Waals surface area contributed by atoms with Gasteiger partial charge in [0.15, 0.2) is 5.11 Å². The van der Waals surface area contributed by atoms with E-state index in [1.165, 1.54) is 0 Å². The minimum Gasteiger partial charge on any atom is -0.497 e. The van der Waals surface area contributed by atoms with Crippen LogP contribution in [0, 0.1) is 0 Å². The summed E-state index contributed by atoms with van der Waals surface area (Å²) in [5.41, 5.74) is 1.74. The Morgan fingerprint density at radius 1 is 1.11 bits per heavy atom. The van der Waals surface area contributed by atoms with E-state index in [4.69, 9.17) is 33.3 Å². The number of anilines is 2. The van der Waals surface area contributed by atoms with Crippen molar-refractivity contribution in [2.24, 2.45) is 0 Å². The van der Waals surface area contributed by atoms with E-state index in [1.807, 2.05) is 24.3 Å². The number of hydrogen-bond donors (Lipinski definition) is 2. The van der Waals surface area contributed by atoms with Crippen LogP contribution in [0.15, 0.2) is 48.8 Å². The molecule has 140 valence electrons. The lowest BCUT2D eigenvalue weighted by Gasteiger charge is -2.13. The average molecular weight is 404 g/mol. The maximum absolute atomic E-state index is 5.90. The topological polar surface area (TPSA) is 73.2 Å². The van der Waals surface area contributed by atoms with Crippen molar-refractivity contribution >= 4 is 40.6 Å². The largest absolute Gasteiger partial charge is 0.497 e. The van der Waals surface area contributed by atoms with E-state index in [-0.39, 0.29) is 0 Å². The van der Waals surface area contributed by atoms with Crippen molar-refractivity contribution in [3.8, 4) is 11.5 Å². The lowest BCUT2D eigenvalue weighted by Crippen LogP contribution is -2.20. The van der Waals surface area contributed by atoms with Gasteiger partial charge in [0.25, 0.3) is 0 Å². The molecule has 3 aromatic rings. The molecular weight excluding hydrogens is 386 g/mol. The number of aromatic nitrogens is 3. The van der Waals surface area contributed by atoms with E-state index in [1.54, 1.807) is 43.4 Å². The van der Waals surface area contributed by atoms with Gasteiger partial charge >= 0.3 is 0 Å². The summed E-state index contributed by atoms with van der Waals surface area (Å²) in [5, 5.41) is 11.4. The highest BCUT2D eigenvalue weighted by molar-refractivity contribution is 7.80. The van der Waals surface area contributed by atoms with Crippen LogP contribution >= 0.6 is 23.8 Å². The Hall–Kier alpha value is -2.84. The summed E-state index contributed by atoms with van der Waals surface area (Å²) in [6.07, 6.45) is 1.63. The van der Waals surface area contributed by atoms with Crippen LogP contribution in [-0.2, 0) is 6.54 Å². The van der Waals surface area contributed by atoms with Gasteiger partial charge in [-0.2, -0.15) is 0 Å². The molecule has 9 heteroatoms. The third-order valence-corrected chi connectivity index (χ3v) is 4.13. The molecule has 0 saturated carbocycles. The van der Waals surface area contributed by atoms with Gasteiger partial charge in [-0.3, -0.25) is 5.32 Å². The quantitative estimate of drug-likeness (QED) is 0.606. The Bertz CT molecular complexity index is 930. The molecule has 1 aromatic heterocycles. The van der Waals surface area contributed by atoms with Gasteiger partial charge in [0, 0.05) is 11.1 Å².